The molecule has 1 aliphatic rings. The fourth-order valence-electron chi connectivity index (χ4n) is 3.28. The van der Waals surface area contributed by atoms with E-state index < -0.39 is 17.5 Å². The van der Waals surface area contributed by atoms with Crippen molar-refractivity contribution in [3.8, 4) is 0 Å². The van der Waals surface area contributed by atoms with Gasteiger partial charge in [0.25, 0.3) is 0 Å². The molecule has 2 nitrogen and oxygen atoms in total. The SMILES string of the molecule is CC1(C)CC(C(O)Cc2cccc(Cl)c2F)C(C)(C)O1. The molecule has 0 radical (unpaired) electrons. The molecule has 2 rings (SSSR count). The highest BCUT2D eigenvalue weighted by Crippen LogP contribution is 2.44. The van der Waals surface area contributed by atoms with E-state index in [1.54, 1.807) is 12.1 Å². The average molecular weight is 301 g/mol. The fourth-order valence-corrected chi connectivity index (χ4v) is 3.47. The van der Waals surface area contributed by atoms with Crippen LogP contribution < -0.4 is 0 Å². The largest absolute Gasteiger partial charge is 0.392 e. The molecule has 1 fully saturated rings. The van der Waals surface area contributed by atoms with Crippen LogP contribution in [0.5, 0.6) is 0 Å². The average Bonchev–Trinajstić information content (AvgIpc) is 2.53. The lowest BCUT2D eigenvalue weighted by Crippen LogP contribution is -2.37. The number of aliphatic hydroxyl groups excluding tert-OH is 1. The molecule has 1 N–H and O–H groups in total. The summed E-state index contributed by atoms with van der Waals surface area (Å²) in [5.74, 6) is -0.472. The van der Waals surface area contributed by atoms with Crippen molar-refractivity contribution in [1.82, 2.24) is 0 Å². The lowest BCUT2D eigenvalue weighted by Gasteiger charge is -2.30. The minimum atomic E-state index is -0.653. The third-order valence-electron chi connectivity index (χ3n) is 4.07. The number of benzene rings is 1. The van der Waals surface area contributed by atoms with Gasteiger partial charge in [0.2, 0.25) is 0 Å². The first kappa shape index (κ1) is 15.7. The fraction of sp³-hybridized carbons (Fsp3) is 0.625. The molecule has 0 saturated carbocycles. The molecule has 1 aromatic carbocycles. The number of rotatable bonds is 3. The van der Waals surface area contributed by atoms with Gasteiger partial charge in [0.05, 0.1) is 22.3 Å². The van der Waals surface area contributed by atoms with Gasteiger partial charge in [-0.1, -0.05) is 23.7 Å². The molecule has 1 saturated heterocycles. The predicted molar refractivity (Wildman–Crippen MR) is 78.5 cm³/mol. The number of hydrogen-bond donors (Lipinski definition) is 1. The first-order chi connectivity index (χ1) is 9.12. The molecule has 0 aromatic heterocycles. The topological polar surface area (TPSA) is 29.5 Å². The first-order valence-electron chi connectivity index (χ1n) is 6.93. The molecule has 0 spiro atoms. The lowest BCUT2D eigenvalue weighted by molar-refractivity contribution is -0.0873. The van der Waals surface area contributed by atoms with E-state index in [2.05, 4.69) is 0 Å². The van der Waals surface area contributed by atoms with Gasteiger partial charge in [0, 0.05) is 12.3 Å². The Labute approximate surface area is 124 Å². The van der Waals surface area contributed by atoms with Crippen molar-refractivity contribution in [3.63, 3.8) is 0 Å². The Morgan fingerprint density at radius 3 is 2.60 bits per heavy atom. The second-order valence-electron chi connectivity index (χ2n) is 6.76. The van der Waals surface area contributed by atoms with E-state index >= 15 is 0 Å². The summed E-state index contributed by atoms with van der Waals surface area (Å²) in [5.41, 5.74) is -0.231. The van der Waals surface area contributed by atoms with Crippen LogP contribution in [0.3, 0.4) is 0 Å². The summed E-state index contributed by atoms with van der Waals surface area (Å²) in [6.07, 6.45) is 0.350. The van der Waals surface area contributed by atoms with Crippen LogP contribution in [0.2, 0.25) is 5.02 Å². The van der Waals surface area contributed by atoms with Gasteiger partial charge in [-0.3, -0.25) is 0 Å². The minimum absolute atomic E-state index is 0.0316. The highest BCUT2D eigenvalue weighted by molar-refractivity contribution is 6.30. The van der Waals surface area contributed by atoms with Crippen molar-refractivity contribution in [3.05, 3.63) is 34.6 Å². The summed E-state index contributed by atoms with van der Waals surface area (Å²) in [7, 11) is 0. The zero-order valence-electron chi connectivity index (χ0n) is 12.4. The zero-order chi connectivity index (χ0) is 15.1. The molecular formula is C16H22ClFO2. The lowest BCUT2D eigenvalue weighted by atomic mass is 9.81. The van der Waals surface area contributed by atoms with Crippen LogP contribution in [0.15, 0.2) is 18.2 Å². The molecule has 0 amide bonds. The van der Waals surface area contributed by atoms with Crippen LogP contribution in [0.4, 0.5) is 4.39 Å². The van der Waals surface area contributed by atoms with Crippen molar-refractivity contribution < 1.29 is 14.2 Å². The van der Waals surface area contributed by atoms with Crippen LogP contribution in [-0.2, 0) is 11.2 Å². The summed E-state index contributed by atoms with van der Waals surface area (Å²) >= 11 is 5.78. The van der Waals surface area contributed by atoms with Crippen molar-refractivity contribution in [2.75, 3.05) is 0 Å². The maximum Gasteiger partial charge on any atom is 0.145 e. The molecule has 1 aromatic rings. The second kappa shape index (κ2) is 5.28. The molecule has 2 atom stereocenters. The van der Waals surface area contributed by atoms with Gasteiger partial charge in [-0.2, -0.15) is 0 Å². The Balaban J connectivity index is 2.16. The Bertz CT molecular complexity index is 499. The molecule has 2 unspecified atom stereocenters. The van der Waals surface area contributed by atoms with E-state index in [9.17, 15) is 9.50 Å². The van der Waals surface area contributed by atoms with Crippen molar-refractivity contribution >= 4 is 11.6 Å². The molecule has 4 heteroatoms. The molecular weight excluding hydrogens is 279 g/mol. The van der Waals surface area contributed by atoms with Gasteiger partial charge in [0.1, 0.15) is 5.82 Å². The highest BCUT2D eigenvalue weighted by Gasteiger charge is 2.48. The Morgan fingerprint density at radius 2 is 2.05 bits per heavy atom. The molecule has 20 heavy (non-hydrogen) atoms. The predicted octanol–water partition coefficient (Wildman–Crippen LogP) is 3.98. The van der Waals surface area contributed by atoms with Crippen LogP contribution in [0.1, 0.15) is 39.7 Å². The van der Waals surface area contributed by atoms with Crippen molar-refractivity contribution in [1.29, 1.82) is 0 Å². The Kier molecular flexibility index (Phi) is 4.16. The number of ether oxygens (including phenoxy) is 1. The van der Waals surface area contributed by atoms with E-state index in [0.717, 1.165) is 6.42 Å². The van der Waals surface area contributed by atoms with Crippen LogP contribution in [-0.4, -0.2) is 22.4 Å². The third-order valence-corrected chi connectivity index (χ3v) is 4.36. The first-order valence-corrected chi connectivity index (χ1v) is 7.31. The van der Waals surface area contributed by atoms with Crippen LogP contribution >= 0.6 is 11.6 Å². The Hall–Kier alpha value is -0.640. The Morgan fingerprint density at radius 1 is 1.40 bits per heavy atom. The van der Waals surface area contributed by atoms with Crippen molar-refractivity contribution in [2.45, 2.75) is 57.8 Å². The smallest absolute Gasteiger partial charge is 0.145 e. The van der Waals surface area contributed by atoms with E-state index in [0.29, 0.717) is 5.56 Å². The summed E-state index contributed by atoms with van der Waals surface area (Å²) in [4.78, 5) is 0. The maximum absolute atomic E-state index is 13.9. The van der Waals surface area contributed by atoms with Crippen LogP contribution in [0, 0.1) is 11.7 Å². The summed E-state index contributed by atoms with van der Waals surface area (Å²) < 4.78 is 19.9. The molecule has 112 valence electrons. The zero-order valence-corrected chi connectivity index (χ0v) is 13.2. The van der Waals surface area contributed by atoms with Gasteiger partial charge in [-0.05, 0) is 45.7 Å². The summed E-state index contributed by atoms with van der Waals surface area (Å²) in [5, 5.41) is 10.6. The van der Waals surface area contributed by atoms with Gasteiger partial charge in [0.15, 0.2) is 0 Å². The van der Waals surface area contributed by atoms with Gasteiger partial charge in [-0.15, -0.1) is 0 Å². The quantitative estimate of drug-likeness (QED) is 0.915. The van der Waals surface area contributed by atoms with Gasteiger partial charge in [-0.25, -0.2) is 4.39 Å². The third kappa shape index (κ3) is 3.16. The minimum Gasteiger partial charge on any atom is -0.392 e. The van der Waals surface area contributed by atoms with E-state index in [4.69, 9.17) is 16.3 Å². The second-order valence-corrected chi connectivity index (χ2v) is 7.17. The van der Waals surface area contributed by atoms with E-state index in [-0.39, 0.29) is 23.0 Å². The molecule has 1 heterocycles. The normalized spacial score (nSPS) is 25.6. The molecule has 1 aliphatic heterocycles. The summed E-state index contributed by atoms with van der Waals surface area (Å²) in [6, 6.07) is 4.88. The van der Waals surface area contributed by atoms with E-state index in [1.807, 2.05) is 27.7 Å². The molecule has 0 aliphatic carbocycles. The van der Waals surface area contributed by atoms with Crippen molar-refractivity contribution in [2.24, 2.45) is 5.92 Å². The number of aliphatic hydroxyl groups is 1. The highest BCUT2D eigenvalue weighted by atomic mass is 35.5. The number of hydrogen-bond acceptors (Lipinski definition) is 2. The van der Waals surface area contributed by atoms with Gasteiger partial charge < -0.3 is 9.84 Å². The number of halogens is 2. The standard InChI is InChI=1S/C16H22ClFO2/c1-15(2)9-11(16(3,4)20-15)13(19)8-10-6-5-7-12(17)14(10)18/h5-7,11,13,19H,8-9H2,1-4H3. The van der Waals surface area contributed by atoms with E-state index in [1.165, 1.54) is 6.07 Å². The molecule has 0 bridgehead atoms. The maximum atomic E-state index is 13.9. The van der Waals surface area contributed by atoms with Crippen LogP contribution in [0.25, 0.3) is 0 Å². The monoisotopic (exact) mass is 300 g/mol. The van der Waals surface area contributed by atoms with Gasteiger partial charge >= 0.3 is 0 Å². The summed E-state index contributed by atoms with van der Waals surface area (Å²) in [6.45, 7) is 7.98.